The highest BCUT2D eigenvalue weighted by atomic mass is 32.2. The quantitative estimate of drug-likeness (QED) is 0.689. The number of nitrogens with one attached hydrogen (secondary N) is 1. The molecule has 14 heavy (non-hydrogen) atoms. The van der Waals surface area contributed by atoms with E-state index in [-0.39, 0.29) is 0 Å². The lowest BCUT2D eigenvalue weighted by molar-refractivity contribution is 1.16. The van der Waals surface area contributed by atoms with E-state index in [9.17, 15) is 0 Å². The van der Waals surface area contributed by atoms with Crippen molar-refractivity contribution in [2.24, 2.45) is 0 Å². The van der Waals surface area contributed by atoms with Gasteiger partial charge in [-0.05, 0) is 29.4 Å². The molecule has 0 spiro atoms. The number of thioether (sulfide) groups is 1. The zero-order chi connectivity index (χ0) is 9.38. The summed E-state index contributed by atoms with van der Waals surface area (Å²) in [5.74, 6) is 0. The van der Waals surface area contributed by atoms with E-state index in [0.717, 1.165) is 0 Å². The van der Waals surface area contributed by atoms with Crippen LogP contribution >= 0.6 is 11.8 Å². The van der Waals surface area contributed by atoms with E-state index < -0.39 is 0 Å². The van der Waals surface area contributed by atoms with Crippen LogP contribution in [0.25, 0.3) is 6.08 Å². The molecular weight excluding hydrogens is 190 g/mol. The number of dihydropyridines is 1. The fourth-order valence-corrected chi connectivity index (χ4v) is 2.61. The van der Waals surface area contributed by atoms with Crippen molar-refractivity contribution in [2.75, 3.05) is 0 Å². The van der Waals surface area contributed by atoms with Crippen molar-refractivity contribution >= 4 is 17.8 Å². The van der Waals surface area contributed by atoms with Crippen LogP contribution in [0.15, 0.2) is 58.1 Å². The predicted octanol–water partition coefficient (Wildman–Crippen LogP) is 3.13. The van der Waals surface area contributed by atoms with Crippen molar-refractivity contribution in [1.29, 1.82) is 0 Å². The van der Waals surface area contributed by atoms with Crippen molar-refractivity contribution in [2.45, 2.75) is 4.90 Å². The molecule has 1 N–H and O–H groups in total. The van der Waals surface area contributed by atoms with Crippen LogP contribution in [-0.4, -0.2) is 0 Å². The molecule has 0 saturated carbocycles. The molecule has 2 aliphatic rings. The maximum absolute atomic E-state index is 3.11. The van der Waals surface area contributed by atoms with Gasteiger partial charge in [-0.15, -0.1) is 0 Å². The molecule has 0 fully saturated rings. The number of fused-ring (bicyclic) bond motifs is 2. The second kappa shape index (κ2) is 3.07. The third kappa shape index (κ3) is 1.19. The summed E-state index contributed by atoms with van der Waals surface area (Å²) in [5, 5.41) is 3.11. The highest BCUT2D eigenvalue weighted by molar-refractivity contribution is 8.03. The van der Waals surface area contributed by atoms with Crippen LogP contribution < -0.4 is 5.32 Å². The van der Waals surface area contributed by atoms with Gasteiger partial charge in [0, 0.05) is 22.2 Å². The van der Waals surface area contributed by atoms with E-state index in [0.29, 0.717) is 0 Å². The van der Waals surface area contributed by atoms with Gasteiger partial charge >= 0.3 is 0 Å². The Labute approximate surface area is 87.2 Å². The first-order valence-electron chi connectivity index (χ1n) is 4.55. The molecule has 0 saturated heterocycles. The maximum Gasteiger partial charge on any atom is 0.0355 e. The van der Waals surface area contributed by atoms with Gasteiger partial charge < -0.3 is 5.32 Å². The molecular formula is C12H9NS. The molecule has 0 aliphatic carbocycles. The molecule has 0 amide bonds. The Balaban J connectivity index is 2.17. The van der Waals surface area contributed by atoms with Gasteiger partial charge in [0.05, 0.1) is 0 Å². The van der Waals surface area contributed by atoms with Crippen molar-refractivity contribution in [3.05, 3.63) is 58.8 Å². The number of benzene rings is 1. The normalized spacial score (nSPS) is 17.4. The number of hydrogen-bond acceptors (Lipinski definition) is 2. The first kappa shape index (κ1) is 7.94. The molecule has 2 heterocycles. The monoisotopic (exact) mass is 199 g/mol. The molecule has 2 aliphatic heterocycles. The third-order valence-corrected chi connectivity index (χ3v) is 3.47. The third-order valence-electron chi connectivity index (χ3n) is 2.31. The first-order chi connectivity index (χ1) is 6.93. The SMILES string of the molecule is C1=CC2=Cc3ccccc3SC2=CN1. The van der Waals surface area contributed by atoms with E-state index >= 15 is 0 Å². The number of rotatable bonds is 0. The van der Waals surface area contributed by atoms with Gasteiger partial charge in [-0.1, -0.05) is 30.0 Å². The largest absolute Gasteiger partial charge is 0.367 e. The van der Waals surface area contributed by atoms with Crippen LogP contribution in [0.2, 0.25) is 0 Å². The van der Waals surface area contributed by atoms with E-state index in [2.05, 4.69) is 41.7 Å². The van der Waals surface area contributed by atoms with E-state index in [1.165, 1.54) is 20.9 Å². The lowest BCUT2D eigenvalue weighted by Gasteiger charge is -2.19. The van der Waals surface area contributed by atoms with E-state index in [1.807, 2.05) is 24.2 Å². The molecule has 2 heteroatoms. The predicted molar refractivity (Wildman–Crippen MR) is 60.6 cm³/mol. The molecule has 0 radical (unpaired) electrons. The summed E-state index contributed by atoms with van der Waals surface area (Å²) in [6.07, 6.45) is 8.35. The lowest BCUT2D eigenvalue weighted by Crippen LogP contribution is -2.03. The molecule has 1 nitrogen and oxygen atoms in total. The van der Waals surface area contributed by atoms with E-state index in [4.69, 9.17) is 0 Å². The van der Waals surface area contributed by atoms with Gasteiger partial charge in [-0.2, -0.15) is 0 Å². The Morgan fingerprint density at radius 2 is 2.07 bits per heavy atom. The van der Waals surface area contributed by atoms with Gasteiger partial charge in [0.2, 0.25) is 0 Å². The van der Waals surface area contributed by atoms with Gasteiger partial charge in [-0.25, -0.2) is 0 Å². The average Bonchev–Trinajstić information content (AvgIpc) is 2.26. The summed E-state index contributed by atoms with van der Waals surface area (Å²) in [6, 6.07) is 8.47. The second-order valence-electron chi connectivity index (χ2n) is 3.25. The molecule has 0 bridgehead atoms. The topological polar surface area (TPSA) is 12.0 Å². The van der Waals surface area contributed by atoms with Gasteiger partial charge in [0.25, 0.3) is 0 Å². The summed E-state index contributed by atoms with van der Waals surface area (Å²) in [4.78, 5) is 2.63. The number of hydrogen-bond donors (Lipinski definition) is 1. The minimum Gasteiger partial charge on any atom is -0.367 e. The average molecular weight is 199 g/mol. The fourth-order valence-electron chi connectivity index (χ4n) is 1.61. The van der Waals surface area contributed by atoms with Crippen LogP contribution in [0.4, 0.5) is 0 Å². The Bertz CT molecular complexity index is 469. The molecule has 0 unspecified atom stereocenters. The van der Waals surface area contributed by atoms with Crippen molar-refractivity contribution < 1.29 is 0 Å². The van der Waals surface area contributed by atoms with Crippen LogP contribution in [0.3, 0.4) is 0 Å². The Morgan fingerprint density at radius 3 is 3.07 bits per heavy atom. The van der Waals surface area contributed by atoms with Crippen molar-refractivity contribution in [1.82, 2.24) is 5.32 Å². The zero-order valence-corrected chi connectivity index (χ0v) is 8.34. The van der Waals surface area contributed by atoms with Gasteiger partial charge in [-0.3, -0.25) is 0 Å². The summed E-state index contributed by atoms with van der Waals surface area (Å²) in [7, 11) is 0. The van der Waals surface area contributed by atoms with Crippen LogP contribution in [0.5, 0.6) is 0 Å². The zero-order valence-electron chi connectivity index (χ0n) is 7.53. The van der Waals surface area contributed by atoms with Crippen LogP contribution in [-0.2, 0) is 0 Å². The van der Waals surface area contributed by atoms with E-state index in [1.54, 1.807) is 0 Å². The van der Waals surface area contributed by atoms with Crippen LogP contribution in [0, 0.1) is 0 Å². The van der Waals surface area contributed by atoms with Crippen molar-refractivity contribution in [3.8, 4) is 0 Å². The summed E-state index contributed by atoms with van der Waals surface area (Å²) >= 11 is 1.82. The molecule has 1 aromatic carbocycles. The molecule has 3 rings (SSSR count). The fraction of sp³-hybridized carbons (Fsp3) is 0. The first-order valence-corrected chi connectivity index (χ1v) is 5.37. The Hall–Kier alpha value is -1.41. The second-order valence-corrected chi connectivity index (χ2v) is 4.33. The molecule has 68 valence electrons. The maximum atomic E-state index is 3.11. The van der Waals surface area contributed by atoms with Gasteiger partial charge in [0.15, 0.2) is 0 Å². The number of allylic oxidation sites excluding steroid dienone is 2. The highest BCUT2D eigenvalue weighted by Gasteiger charge is 2.14. The summed E-state index contributed by atoms with van der Waals surface area (Å²) in [6.45, 7) is 0. The minimum atomic E-state index is 1.30. The van der Waals surface area contributed by atoms with Crippen LogP contribution in [0.1, 0.15) is 5.56 Å². The summed E-state index contributed by atoms with van der Waals surface area (Å²) < 4.78 is 0. The highest BCUT2D eigenvalue weighted by Crippen LogP contribution is 2.40. The summed E-state index contributed by atoms with van der Waals surface area (Å²) in [5.41, 5.74) is 2.61. The Morgan fingerprint density at radius 1 is 1.14 bits per heavy atom. The molecule has 0 aromatic heterocycles. The standard InChI is InChI=1S/C12H9NS/c1-2-4-11-9(3-1)7-10-5-6-13-8-12(10)14-11/h1-8,13H. The smallest absolute Gasteiger partial charge is 0.0355 e. The lowest BCUT2D eigenvalue weighted by atomic mass is 10.1. The molecule has 0 atom stereocenters. The molecule has 1 aromatic rings. The van der Waals surface area contributed by atoms with Gasteiger partial charge in [0.1, 0.15) is 0 Å². The minimum absolute atomic E-state index is 1.30. The van der Waals surface area contributed by atoms with Crippen molar-refractivity contribution in [3.63, 3.8) is 0 Å². The Kier molecular flexibility index (Phi) is 1.74.